The highest BCUT2D eigenvalue weighted by molar-refractivity contribution is 7.15. The van der Waals surface area contributed by atoms with Crippen LogP contribution in [-0.2, 0) is 11.2 Å². The van der Waals surface area contributed by atoms with Crippen molar-refractivity contribution in [1.29, 1.82) is 0 Å². The van der Waals surface area contributed by atoms with Gasteiger partial charge in [-0.05, 0) is 31.7 Å². The van der Waals surface area contributed by atoms with E-state index in [1.165, 1.54) is 35.0 Å². The van der Waals surface area contributed by atoms with E-state index in [0.29, 0.717) is 12.0 Å². The third kappa shape index (κ3) is 4.41. The van der Waals surface area contributed by atoms with Crippen LogP contribution in [0.1, 0.15) is 50.2 Å². The summed E-state index contributed by atoms with van der Waals surface area (Å²) in [6.45, 7) is 10.4. The van der Waals surface area contributed by atoms with Crippen LogP contribution in [0.3, 0.4) is 0 Å². The molecule has 0 spiro atoms. The number of rotatable bonds is 8. The molecule has 0 aliphatic heterocycles. The number of anilines is 1. The first-order valence-corrected chi connectivity index (χ1v) is 8.94. The summed E-state index contributed by atoms with van der Waals surface area (Å²) >= 11 is 1.88. The van der Waals surface area contributed by atoms with Gasteiger partial charge in [-0.3, -0.25) is 0 Å². The lowest BCUT2D eigenvalue weighted by Gasteiger charge is -2.23. The monoisotopic (exact) mass is 311 g/mol. The zero-order valence-corrected chi connectivity index (χ0v) is 14.6. The molecule has 1 heterocycles. The molecule has 0 radical (unpaired) electrons. The van der Waals surface area contributed by atoms with Crippen molar-refractivity contribution in [3.05, 3.63) is 10.6 Å². The Balaban J connectivity index is 2.17. The van der Waals surface area contributed by atoms with E-state index in [4.69, 9.17) is 9.72 Å². The minimum atomic E-state index is 0.451. The van der Waals surface area contributed by atoms with Crippen LogP contribution in [0.2, 0.25) is 0 Å². The molecule has 120 valence electrons. The quantitative estimate of drug-likeness (QED) is 0.800. The average molecular weight is 311 g/mol. The maximum Gasteiger partial charge on any atom is 0.185 e. The zero-order valence-electron chi connectivity index (χ0n) is 13.8. The van der Waals surface area contributed by atoms with Gasteiger partial charge in [0.1, 0.15) is 0 Å². The lowest BCUT2D eigenvalue weighted by molar-refractivity contribution is 0.204. The van der Waals surface area contributed by atoms with E-state index in [-0.39, 0.29) is 0 Å². The summed E-state index contributed by atoms with van der Waals surface area (Å²) in [6.07, 6.45) is 3.68. The van der Waals surface area contributed by atoms with Crippen LogP contribution in [0.4, 0.5) is 5.13 Å². The standard InChI is InChI=1S/C16H29N3OS/c1-5-17-13-7-6-8-14-15(13)18-16(21-14)19(9-10-20-4)11-12(2)3/h12-13,17H,5-11H2,1-4H3. The number of thiazole rings is 1. The van der Waals surface area contributed by atoms with Crippen molar-refractivity contribution >= 4 is 16.5 Å². The molecule has 0 bridgehead atoms. The van der Waals surface area contributed by atoms with E-state index < -0.39 is 0 Å². The molecule has 0 aromatic carbocycles. The van der Waals surface area contributed by atoms with E-state index in [1.807, 2.05) is 11.3 Å². The van der Waals surface area contributed by atoms with E-state index in [9.17, 15) is 0 Å². The highest BCUT2D eigenvalue weighted by atomic mass is 32.1. The Labute approximate surface area is 132 Å². The van der Waals surface area contributed by atoms with Gasteiger partial charge in [-0.2, -0.15) is 0 Å². The molecule has 1 aromatic heterocycles. The Hall–Kier alpha value is -0.650. The van der Waals surface area contributed by atoms with E-state index in [0.717, 1.165) is 26.2 Å². The van der Waals surface area contributed by atoms with Crippen molar-refractivity contribution in [3.8, 4) is 0 Å². The Morgan fingerprint density at radius 1 is 1.48 bits per heavy atom. The van der Waals surface area contributed by atoms with Crippen molar-refractivity contribution < 1.29 is 4.74 Å². The zero-order chi connectivity index (χ0) is 15.2. The van der Waals surface area contributed by atoms with Crippen molar-refractivity contribution in [2.45, 2.75) is 46.1 Å². The third-order valence-corrected chi connectivity index (χ3v) is 5.01. The predicted molar refractivity (Wildman–Crippen MR) is 90.4 cm³/mol. The van der Waals surface area contributed by atoms with Gasteiger partial charge in [0, 0.05) is 25.1 Å². The van der Waals surface area contributed by atoms with Gasteiger partial charge >= 0.3 is 0 Å². The summed E-state index contributed by atoms with van der Waals surface area (Å²) in [5.41, 5.74) is 1.30. The normalized spacial score (nSPS) is 18.0. The van der Waals surface area contributed by atoms with Crippen molar-refractivity contribution in [1.82, 2.24) is 10.3 Å². The van der Waals surface area contributed by atoms with Gasteiger partial charge in [-0.1, -0.05) is 20.8 Å². The van der Waals surface area contributed by atoms with Gasteiger partial charge in [0.25, 0.3) is 0 Å². The largest absolute Gasteiger partial charge is 0.383 e. The summed E-state index contributed by atoms with van der Waals surface area (Å²) in [5.74, 6) is 0.632. The number of ether oxygens (including phenoxy) is 1. The molecule has 1 unspecified atom stereocenters. The van der Waals surface area contributed by atoms with Crippen LogP contribution in [0.5, 0.6) is 0 Å². The molecule has 1 aliphatic carbocycles. The molecule has 21 heavy (non-hydrogen) atoms. The smallest absolute Gasteiger partial charge is 0.185 e. The van der Waals surface area contributed by atoms with Crippen LogP contribution < -0.4 is 10.2 Å². The molecule has 1 atom stereocenters. The maximum atomic E-state index is 5.26. The van der Waals surface area contributed by atoms with Crippen LogP contribution in [0, 0.1) is 5.92 Å². The second-order valence-electron chi connectivity index (χ2n) is 6.14. The SMILES string of the molecule is CCNC1CCCc2sc(N(CCOC)CC(C)C)nc21. The molecule has 1 aliphatic rings. The molecular formula is C16H29N3OS. The van der Waals surface area contributed by atoms with E-state index in [1.54, 1.807) is 7.11 Å². The molecule has 0 fully saturated rings. The van der Waals surface area contributed by atoms with Crippen molar-refractivity contribution in [3.63, 3.8) is 0 Å². The number of nitrogens with zero attached hydrogens (tertiary/aromatic N) is 2. The summed E-state index contributed by atoms with van der Waals surface area (Å²) in [4.78, 5) is 8.85. The molecule has 1 aromatic rings. The van der Waals surface area contributed by atoms with Gasteiger partial charge in [-0.15, -0.1) is 11.3 Å². The molecule has 0 saturated carbocycles. The molecule has 5 heteroatoms. The second-order valence-corrected chi connectivity index (χ2v) is 7.20. The molecule has 0 amide bonds. The predicted octanol–water partition coefficient (Wildman–Crippen LogP) is 3.24. The maximum absolute atomic E-state index is 5.26. The number of methoxy groups -OCH3 is 1. The minimum Gasteiger partial charge on any atom is -0.383 e. The summed E-state index contributed by atoms with van der Waals surface area (Å²) in [7, 11) is 1.77. The van der Waals surface area contributed by atoms with Crippen LogP contribution in [0.25, 0.3) is 0 Å². The van der Waals surface area contributed by atoms with Crippen molar-refractivity contribution in [2.75, 3.05) is 38.3 Å². The second kappa shape index (κ2) is 8.11. The number of hydrogen-bond acceptors (Lipinski definition) is 5. The topological polar surface area (TPSA) is 37.4 Å². The molecule has 0 saturated heterocycles. The number of fused-ring (bicyclic) bond motifs is 1. The Morgan fingerprint density at radius 2 is 2.29 bits per heavy atom. The molecular weight excluding hydrogens is 282 g/mol. The number of aromatic nitrogens is 1. The third-order valence-electron chi connectivity index (χ3n) is 3.81. The summed E-state index contributed by atoms with van der Waals surface area (Å²) < 4.78 is 5.26. The van der Waals surface area contributed by atoms with Crippen molar-refractivity contribution in [2.24, 2.45) is 5.92 Å². The first-order valence-electron chi connectivity index (χ1n) is 8.12. The first-order chi connectivity index (χ1) is 10.2. The number of aryl methyl sites for hydroxylation is 1. The summed E-state index contributed by atoms with van der Waals surface area (Å²) in [5, 5.41) is 4.75. The van der Waals surface area contributed by atoms with E-state index >= 15 is 0 Å². The van der Waals surface area contributed by atoms with Gasteiger partial charge in [-0.25, -0.2) is 4.98 Å². The fraction of sp³-hybridized carbons (Fsp3) is 0.812. The van der Waals surface area contributed by atoms with Crippen LogP contribution >= 0.6 is 11.3 Å². The van der Waals surface area contributed by atoms with Gasteiger partial charge < -0.3 is 15.0 Å². The summed E-state index contributed by atoms with van der Waals surface area (Å²) in [6, 6.07) is 0.451. The molecule has 4 nitrogen and oxygen atoms in total. The van der Waals surface area contributed by atoms with Crippen LogP contribution in [-0.4, -0.2) is 38.3 Å². The lowest BCUT2D eigenvalue weighted by atomic mass is 9.98. The first kappa shape index (κ1) is 16.7. The average Bonchev–Trinajstić information content (AvgIpc) is 2.88. The molecule has 1 N–H and O–H groups in total. The van der Waals surface area contributed by atoms with Gasteiger partial charge in [0.2, 0.25) is 0 Å². The van der Waals surface area contributed by atoms with Gasteiger partial charge in [0.05, 0.1) is 18.3 Å². The van der Waals surface area contributed by atoms with Crippen LogP contribution in [0.15, 0.2) is 0 Å². The fourth-order valence-corrected chi connectivity index (χ4v) is 4.09. The fourth-order valence-electron chi connectivity index (χ4n) is 2.89. The molecule has 2 rings (SSSR count). The number of nitrogens with one attached hydrogen (secondary N) is 1. The minimum absolute atomic E-state index is 0.451. The Morgan fingerprint density at radius 3 is 2.95 bits per heavy atom. The Bertz CT molecular complexity index is 433. The number of hydrogen-bond donors (Lipinski definition) is 1. The highest BCUT2D eigenvalue weighted by Gasteiger charge is 2.25. The van der Waals surface area contributed by atoms with E-state index in [2.05, 4.69) is 31.0 Å². The highest BCUT2D eigenvalue weighted by Crippen LogP contribution is 2.36. The van der Waals surface area contributed by atoms with Gasteiger partial charge in [0.15, 0.2) is 5.13 Å². The lowest BCUT2D eigenvalue weighted by Crippen LogP contribution is -2.31. The Kier molecular flexibility index (Phi) is 6.45.